The van der Waals surface area contributed by atoms with E-state index in [4.69, 9.17) is 4.99 Å². The van der Waals surface area contributed by atoms with Crippen molar-refractivity contribution >= 4 is 16.9 Å². The number of pyridine rings is 1. The van der Waals surface area contributed by atoms with E-state index in [0.29, 0.717) is 5.25 Å². The molecule has 0 radical (unpaired) electrons. The maximum atomic E-state index is 13.8. The van der Waals surface area contributed by atoms with E-state index in [9.17, 15) is 13.2 Å². The van der Waals surface area contributed by atoms with Crippen molar-refractivity contribution in [1.29, 1.82) is 0 Å². The SMILES string of the molecule is Cc1cc([C@H]2[C@H](c3ccccn3)N=C3S[C@@H](C)CN32)c(C)n1-c1ccccc1C(F)(F)F. The van der Waals surface area contributed by atoms with Gasteiger partial charge in [-0.25, -0.2) is 0 Å². The summed E-state index contributed by atoms with van der Waals surface area (Å²) in [5.41, 5.74) is 2.94. The standard InChI is InChI=1S/C24H23F3N4S/c1-14-12-17(16(3)31(14)20-10-5-4-8-18(20)24(25,26)27)22-21(19-9-6-7-11-28-19)29-23-30(22)13-15(2)32-23/h4-12,15,21-22H,13H2,1-3H3/t15-,21-,22-/m0/s1. The minimum atomic E-state index is -4.43. The molecule has 1 fully saturated rings. The summed E-state index contributed by atoms with van der Waals surface area (Å²) in [6.07, 6.45) is -2.67. The van der Waals surface area contributed by atoms with Crippen LogP contribution in [0.25, 0.3) is 5.69 Å². The number of para-hydroxylation sites is 1. The lowest BCUT2D eigenvalue weighted by Crippen LogP contribution is -2.29. The van der Waals surface area contributed by atoms with E-state index in [2.05, 4.69) is 16.8 Å². The Morgan fingerprint density at radius 2 is 1.81 bits per heavy atom. The number of hydrogen-bond donors (Lipinski definition) is 0. The van der Waals surface area contributed by atoms with Gasteiger partial charge in [0.05, 0.1) is 23.0 Å². The van der Waals surface area contributed by atoms with Gasteiger partial charge in [0.15, 0.2) is 5.17 Å². The Hall–Kier alpha value is -2.74. The summed E-state index contributed by atoms with van der Waals surface area (Å²) >= 11 is 1.74. The van der Waals surface area contributed by atoms with Gasteiger partial charge in [0, 0.05) is 29.4 Å². The van der Waals surface area contributed by atoms with Crippen LogP contribution in [-0.2, 0) is 6.18 Å². The van der Waals surface area contributed by atoms with Crippen LogP contribution < -0.4 is 0 Å². The van der Waals surface area contributed by atoms with Gasteiger partial charge in [-0.3, -0.25) is 9.98 Å². The number of thioether (sulfide) groups is 1. The molecule has 0 bridgehead atoms. The van der Waals surface area contributed by atoms with E-state index >= 15 is 0 Å². The molecule has 0 saturated carbocycles. The summed E-state index contributed by atoms with van der Waals surface area (Å²) in [5.74, 6) is 0. The van der Waals surface area contributed by atoms with E-state index < -0.39 is 11.7 Å². The monoisotopic (exact) mass is 456 g/mol. The summed E-state index contributed by atoms with van der Waals surface area (Å²) < 4.78 is 43.0. The molecular weight excluding hydrogens is 433 g/mol. The lowest BCUT2D eigenvalue weighted by atomic mass is 9.96. The largest absolute Gasteiger partial charge is 0.418 e. The van der Waals surface area contributed by atoms with Gasteiger partial charge in [-0.2, -0.15) is 13.2 Å². The molecule has 0 aliphatic carbocycles. The fourth-order valence-electron chi connectivity index (χ4n) is 4.82. The molecule has 2 aromatic heterocycles. The minimum Gasteiger partial charge on any atom is -0.341 e. The van der Waals surface area contributed by atoms with E-state index in [1.807, 2.05) is 38.1 Å². The van der Waals surface area contributed by atoms with Crippen molar-refractivity contribution in [2.24, 2.45) is 4.99 Å². The zero-order valence-corrected chi connectivity index (χ0v) is 18.8. The first-order valence-corrected chi connectivity index (χ1v) is 11.4. The number of aliphatic imine (C=N–C) groups is 1. The molecule has 166 valence electrons. The molecule has 3 atom stereocenters. The molecule has 32 heavy (non-hydrogen) atoms. The highest BCUT2D eigenvalue weighted by atomic mass is 32.2. The highest BCUT2D eigenvalue weighted by molar-refractivity contribution is 8.14. The Morgan fingerprint density at radius 3 is 2.53 bits per heavy atom. The highest BCUT2D eigenvalue weighted by Gasteiger charge is 2.45. The van der Waals surface area contributed by atoms with E-state index in [1.165, 1.54) is 12.1 Å². The van der Waals surface area contributed by atoms with Gasteiger partial charge in [-0.15, -0.1) is 0 Å². The first-order chi connectivity index (χ1) is 15.3. The second-order valence-corrected chi connectivity index (χ2v) is 9.72. The molecule has 1 aromatic carbocycles. The van der Waals surface area contributed by atoms with Crippen molar-refractivity contribution in [2.75, 3.05) is 6.54 Å². The van der Waals surface area contributed by atoms with Crippen LogP contribution in [0, 0.1) is 13.8 Å². The summed E-state index contributed by atoms with van der Waals surface area (Å²) in [6, 6.07) is 13.3. The molecular formula is C24H23F3N4S. The fourth-order valence-corrected chi connectivity index (χ4v) is 5.91. The van der Waals surface area contributed by atoms with Crippen LogP contribution in [-0.4, -0.2) is 31.4 Å². The third-order valence-electron chi connectivity index (χ3n) is 6.12. The quantitative estimate of drug-likeness (QED) is 0.478. The molecule has 2 aliphatic heterocycles. The second kappa shape index (κ2) is 7.69. The van der Waals surface area contributed by atoms with Gasteiger partial charge in [-0.05, 0) is 49.7 Å². The number of nitrogens with zero attached hydrogens (tertiary/aromatic N) is 4. The number of halogens is 3. The smallest absolute Gasteiger partial charge is 0.341 e. The summed E-state index contributed by atoms with van der Waals surface area (Å²) in [4.78, 5) is 11.8. The zero-order chi connectivity index (χ0) is 22.6. The number of amidine groups is 1. The van der Waals surface area contributed by atoms with E-state index in [1.54, 1.807) is 28.6 Å². The predicted octanol–water partition coefficient (Wildman–Crippen LogP) is 6.10. The van der Waals surface area contributed by atoms with Gasteiger partial charge in [0.1, 0.15) is 6.04 Å². The van der Waals surface area contributed by atoms with Crippen LogP contribution in [0.3, 0.4) is 0 Å². The average Bonchev–Trinajstić information content (AvgIpc) is 3.37. The Labute approximate surface area is 189 Å². The Balaban J connectivity index is 1.65. The molecule has 2 aliphatic rings. The van der Waals surface area contributed by atoms with Crippen molar-refractivity contribution in [3.05, 3.63) is 82.9 Å². The number of hydrogen-bond acceptors (Lipinski definition) is 4. The molecule has 3 aromatic rings. The number of benzene rings is 1. The summed E-state index contributed by atoms with van der Waals surface area (Å²) in [6.45, 7) is 6.77. The van der Waals surface area contributed by atoms with Crippen LogP contribution in [0.2, 0.25) is 0 Å². The summed E-state index contributed by atoms with van der Waals surface area (Å²) in [7, 11) is 0. The number of fused-ring (bicyclic) bond motifs is 1. The molecule has 1 saturated heterocycles. The molecule has 0 unspecified atom stereocenters. The maximum Gasteiger partial charge on any atom is 0.418 e. The van der Waals surface area contributed by atoms with E-state index in [0.717, 1.165) is 40.4 Å². The Kier molecular flexibility index (Phi) is 5.08. The number of alkyl halides is 3. The first kappa shape index (κ1) is 21.1. The first-order valence-electron chi connectivity index (χ1n) is 10.5. The average molecular weight is 457 g/mol. The third kappa shape index (κ3) is 3.41. The van der Waals surface area contributed by atoms with Crippen LogP contribution >= 0.6 is 11.8 Å². The zero-order valence-electron chi connectivity index (χ0n) is 18.0. The predicted molar refractivity (Wildman–Crippen MR) is 121 cm³/mol. The molecule has 0 N–H and O–H groups in total. The van der Waals surface area contributed by atoms with Crippen molar-refractivity contribution in [3.8, 4) is 5.69 Å². The minimum absolute atomic E-state index is 0.102. The molecule has 0 amide bonds. The fraction of sp³-hybridized carbons (Fsp3) is 0.333. The van der Waals surface area contributed by atoms with Gasteiger partial charge in [-0.1, -0.05) is 36.9 Å². The van der Waals surface area contributed by atoms with Crippen molar-refractivity contribution in [2.45, 2.75) is 44.3 Å². The van der Waals surface area contributed by atoms with Crippen molar-refractivity contribution in [3.63, 3.8) is 0 Å². The molecule has 0 spiro atoms. The highest BCUT2D eigenvalue weighted by Crippen LogP contribution is 2.49. The van der Waals surface area contributed by atoms with Gasteiger partial charge >= 0.3 is 6.18 Å². The molecule has 4 heterocycles. The van der Waals surface area contributed by atoms with Gasteiger partial charge in [0.25, 0.3) is 0 Å². The topological polar surface area (TPSA) is 33.4 Å². The third-order valence-corrected chi connectivity index (χ3v) is 7.22. The van der Waals surface area contributed by atoms with Crippen molar-refractivity contribution in [1.82, 2.24) is 14.5 Å². The molecule has 8 heteroatoms. The van der Waals surface area contributed by atoms with Crippen LogP contribution in [0.4, 0.5) is 13.2 Å². The lowest BCUT2D eigenvalue weighted by molar-refractivity contribution is -0.137. The second-order valence-electron chi connectivity index (χ2n) is 8.31. The van der Waals surface area contributed by atoms with Gasteiger partial charge in [0.2, 0.25) is 0 Å². The van der Waals surface area contributed by atoms with E-state index in [-0.39, 0.29) is 17.8 Å². The Morgan fingerprint density at radius 1 is 1.06 bits per heavy atom. The number of aryl methyl sites for hydroxylation is 1. The molecule has 5 rings (SSSR count). The maximum absolute atomic E-state index is 13.8. The van der Waals surface area contributed by atoms with Crippen LogP contribution in [0.5, 0.6) is 0 Å². The lowest BCUT2D eigenvalue weighted by Gasteiger charge is -2.27. The normalized spacial score (nSPS) is 22.9. The molecule has 4 nitrogen and oxygen atoms in total. The van der Waals surface area contributed by atoms with Crippen LogP contribution in [0.1, 0.15) is 47.2 Å². The number of rotatable bonds is 3. The van der Waals surface area contributed by atoms with Gasteiger partial charge < -0.3 is 9.47 Å². The number of aromatic nitrogens is 2. The van der Waals surface area contributed by atoms with Crippen molar-refractivity contribution < 1.29 is 13.2 Å². The Bertz CT molecular complexity index is 1190. The van der Waals surface area contributed by atoms with Crippen LogP contribution in [0.15, 0.2) is 59.7 Å². The summed E-state index contributed by atoms with van der Waals surface area (Å²) in [5, 5.41) is 1.40.